The van der Waals surface area contributed by atoms with Crippen LogP contribution in [0.4, 0.5) is 5.69 Å². The van der Waals surface area contributed by atoms with Gasteiger partial charge in [-0.25, -0.2) is 0 Å². The fourth-order valence-corrected chi connectivity index (χ4v) is 2.04. The normalized spacial score (nSPS) is 21.6. The molecule has 0 saturated carbocycles. The summed E-state index contributed by atoms with van der Waals surface area (Å²) in [6.45, 7) is 4.51. The molecule has 0 aromatic heterocycles. The first-order valence-electron chi connectivity index (χ1n) is 5.22. The lowest BCUT2D eigenvalue weighted by Gasteiger charge is -2.18. The molecule has 0 spiro atoms. The lowest BCUT2D eigenvalue weighted by atomic mass is 10.1. The molecule has 1 unspecified atom stereocenters. The minimum Gasteiger partial charge on any atom is -0.396 e. The van der Waals surface area contributed by atoms with E-state index in [1.807, 2.05) is 0 Å². The largest absolute Gasteiger partial charge is 0.396 e. The first-order chi connectivity index (χ1) is 6.79. The maximum atomic E-state index is 9.06. The highest BCUT2D eigenvalue weighted by Gasteiger charge is 2.21. The Morgan fingerprint density at radius 2 is 2.36 bits per heavy atom. The van der Waals surface area contributed by atoms with Gasteiger partial charge in [-0.3, -0.25) is 0 Å². The number of hydrogen-bond donors (Lipinski definition) is 1. The zero-order valence-corrected chi connectivity index (χ0v) is 8.61. The molecule has 14 heavy (non-hydrogen) atoms. The predicted octanol–water partition coefficient (Wildman–Crippen LogP) is 1.81. The molecule has 0 amide bonds. The first-order valence-corrected chi connectivity index (χ1v) is 5.22. The maximum Gasteiger partial charge on any atom is 0.0476 e. The van der Waals surface area contributed by atoms with Crippen molar-refractivity contribution in [3.05, 3.63) is 29.8 Å². The Hall–Kier alpha value is -1.02. The molecule has 1 saturated heterocycles. The van der Waals surface area contributed by atoms with Crippen LogP contribution in [-0.4, -0.2) is 24.8 Å². The van der Waals surface area contributed by atoms with Crippen LogP contribution < -0.4 is 4.90 Å². The van der Waals surface area contributed by atoms with E-state index in [2.05, 4.69) is 36.1 Å². The Morgan fingerprint density at radius 3 is 3.00 bits per heavy atom. The second kappa shape index (κ2) is 4.01. The number of hydrogen-bond acceptors (Lipinski definition) is 2. The van der Waals surface area contributed by atoms with E-state index in [4.69, 9.17) is 5.11 Å². The molecule has 0 aliphatic carbocycles. The highest BCUT2D eigenvalue weighted by Crippen LogP contribution is 2.23. The van der Waals surface area contributed by atoms with Crippen LogP contribution in [0.25, 0.3) is 0 Å². The fourth-order valence-electron chi connectivity index (χ4n) is 2.04. The minimum atomic E-state index is 0.322. The standard InChI is InChI=1S/C12H17NO/c1-10-3-2-4-12(7-10)13-6-5-11(8-13)9-14/h2-4,7,11,14H,5-6,8-9H2,1H3. The molecule has 1 fully saturated rings. The van der Waals surface area contributed by atoms with Gasteiger partial charge in [0.1, 0.15) is 0 Å². The summed E-state index contributed by atoms with van der Waals surface area (Å²) in [6, 6.07) is 8.56. The molecule has 1 N–H and O–H groups in total. The van der Waals surface area contributed by atoms with Crippen LogP contribution in [0.3, 0.4) is 0 Å². The summed E-state index contributed by atoms with van der Waals surface area (Å²) >= 11 is 0. The third-order valence-corrected chi connectivity index (χ3v) is 2.91. The van der Waals surface area contributed by atoms with Crippen molar-refractivity contribution in [2.75, 3.05) is 24.6 Å². The van der Waals surface area contributed by atoms with E-state index in [1.54, 1.807) is 0 Å². The molecule has 1 aliphatic heterocycles. The van der Waals surface area contributed by atoms with Gasteiger partial charge in [0.05, 0.1) is 0 Å². The summed E-state index contributed by atoms with van der Waals surface area (Å²) in [4.78, 5) is 2.36. The monoisotopic (exact) mass is 191 g/mol. The summed E-state index contributed by atoms with van der Waals surface area (Å²) in [6.07, 6.45) is 1.12. The van der Waals surface area contributed by atoms with Gasteiger partial charge in [0.25, 0.3) is 0 Å². The van der Waals surface area contributed by atoms with Gasteiger partial charge in [-0.2, -0.15) is 0 Å². The number of rotatable bonds is 2. The van der Waals surface area contributed by atoms with Crippen LogP contribution in [0, 0.1) is 12.8 Å². The predicted molar refractivity (Wildman–Crippen MR) is 58.6 cm³/mol. The van der Waals surface area contributed by atoms with Crippen LogP contribution in [0.15, 0.2) is 24.3 Å². The molecule has 0 bridgehead atoms. The number of aliphatic hydroxyl groups is 1. The van der Waals surface area contributed by atoms with Crippen molar-refractivity contribution >= 4 is 5.69 Å². The molecule has 1 aromatic carbocycles. The summed E-state index contributed by atoms with van der Waals surface area (Å²) < 4.78 is 0. The summed E-state index contributed by atoms with van der Waals surface area (Å²) in [5.41, 5.74) is 2.59. The van der Waals surface area contributed by atoms with Gasteiger partial charge in [0.2, 0.25) is 0 Å². The Morgan fingerprint density at radius 1 is 1.50 bits per heavy atom. The topological polar surface area (TPSA) is 23.5 Å². The van der Waals surface area contributed by atoms with Crippen LogP contribution >= 0.6 is 0 Å². The molecular weight excluding hydrogens is 174 g/mol. The lowest BCUT2D eigenvalue weighted by molar-refractivity contribution is 0.238. The molecule has 1 aliphatic rings. The smallest absolute Gasteiger partial charge is 0.0476 e. The van der Waals surface area contributed by atoms with Crippen molar-refractivity contribution in [3.63, 3.8) is 0 Å². The van der Waals surface area contributed by atoms with E-state index < -0.39 is 0 Å². The van der Waals surface area contributed by atoms with Crippen molar-refractivity contribution in [3.8, 4) is 0 Å². The van der Waals surface area contributed by atoms with E-state index in [9.17, 15) is 0 Å². The average molecular weight is 191 g/mol. The van der Waals surface area contributed by atoms with Gasteiger partial charge < -0.3 is 10.0 Å². The van der Waals surface area contributed by atoms with Gasteiger partial charge in [0.15, 0.2) is 0 Å². The molecular formula is C12H17NO. The number of aliphatic hydroxyl groups excluding tert-OH is 1. The van der Waals surface area contributed by atoms with Gasteiger partial charge in [-0.1, -0.05) is 12.1 Å². The third kappa shape index (κ3) is 1.90. The zero-order valence-electron chi connectivity index (χ0n) is 8.61. The molecule has 0 radical (unpaired) electrons. The molecule has 1 heterocycles. The van der Waals surface area contributed by atoms with Crippen LogP contribution in [0.5, 0.6) is 0 Å². The zero-order chi connectivity index (χ0) is 9.97. The Labute approximate surface area is 85.2 Å². The van der Waals surface area contributed by atoms with Gasteiger partial charge in [0, 0.05) is 31.3 Å². The van der Waals surface area contributed by atoms with Gasteiger partial charge in [-0.05, 0) is 31.0 Å². The summed E-state index contributed by atoms with van der Waals surface area (Å²) in [7, 11) is 0. The first kappa shape index (κ1) is 9.53. The Kier molecular flexibility index (Phi) is 2.73. The molecule has 1 atom stereocenters. The van der Waals surface area contributed by atoms with Crippen molar-refractivity contribution in [2.45, 2.75) is 13.3 Å². The number of nitrogens with zero attached hydrogens (tertiary/aromatic N) is 1. The maximum absolute atomic E-state index is 9.06. The van der Waals surface area contributed by atoms with Gasteiger partial charge >= 0.3 is 0 Å². The Bertz CT molecular complexity index is 311. The van der Waals surface area contributed by atoms with Crippen molar-refractivity contribution < 1.29 is 5.11 Å². The van der Waals surface area contributed by atoms with Crippen LogP contribution in [0.1, 0.15) is 12.0 Å². The highest BCUT2D eigenvalue weighted by molar-refractivity contribution is 5.49. The van der Waals surface area contributed by atoms with Crippen LogP contribution in [-0.2, 0) is 0 Å². The SMILES string of the molecule is Cc1cccc(N2CCC(CO)C2)c1. The van der Waals surface area contributed by atoms with E-state index in [1.165, 1.54) is 11.3 Å². The number of anilines is 1. The lowest BCUT2D eigenvalue weighted by Crippen LogP contribution is -2.20. The molecule has 1 aromatic rings. The molecule has 76 valence electrons. The van der Waals surface area contributed by atoms with E-state index in [-0.39, 0.29) is 0 Å². The highest BCUT2D eigenvalue weighted by atomic mass is 16.3. The molecule has 2 heteroatoms. The van der Waals surface area contributed by atoms with E-state index >= 15 is 0 Å². The van der Waals surface area contributed by atoms with E-state index in [0.29, 0.717) is 12.5 Å². The summed E-state index contributed by atoms with van der Waals surface area (Å²) in [5, 5.41) is 9.06. The van der Waals surface area contributed by atoms with E-state index in [0.717, 1.165) is 19.5 Å². The second-order valence-corrected chi connectivity index (χ2v) is 4.12. The van der Waals surface area contributed by atoms with Gasteiger partial charge in [-0.15, -0.1) is 0 Å². The minimum absolute atomic E-state index is 0.322. The van der Waals surface area contributed by atoms with Crippen molar-refractivity contribution in [1.29, 1.82) is 0 Å². The van der Waals surface area contributed by atoms with Crippen molar-refractivity contribution in [2.24, 2.45) is 5.92 Å². The fraction of sp³-hybridized carbons (Fsp3) is 0.500. The molecule has 2 nitrogen and oxygen atoms in total. The quantitative estimate of drug-likeness (QED) is 0.770. The number of benzene rings is 1. The second-order valence-electron chi connectivity index (χ2n) is 4.12. The average Bonchev–Trinajstić information content (AvgIpc) is 2.66. The third-order valence-electron chi connectivity index (χ3n) is 2.91. The summed E-state index contributed by atoms with van der Waals surface area (Å²) in [5.74, 6) is 0.468. The van der Waals surface area contributed by atoms with Crippen LogP contribution in [0.2, 0.25) is 0 Å². The van der Waals surface area contributed by atoms with Crippen molar-refractivity contribution in [1.82, 2.24) is 0 Å². The Balaban J connectivity index is 2.09. The molecule has 2 rings (SSSR count). The number of aryl methyl sites for hydroxylation is 1.